The van der Waals surface area contributed by atoms with Gasteiger partial charge in [-0.2, -0.15) is 0 Å². The van der Waals surface area contributed by atoms with Gasteiger partial charge in [-0.15, -0.1) is 0 Å². The molecule has 0 aliphatic carbocycles. The number of aldehydes is 1. The van der Waals surface area contributed by atoms with Gasteiger partial charge in [0.25, 0.3) is 0 Å². The molecule has 0 unspecified atom stereocenters. The molecule has 2 aromatic carbocycles. The molecule has 0 amide bonds. The number of carbonyl (C=O) groups excluding carboxylic acids is 1. The number of aliphatic hydroxyl groups is 1. The topological polar surface area (TPSA) is 96.6 Å². The van der Waals surface area contributed by atoms with Gasteiger partial charge in [0.15, 0.2) is 18.3 Å². The second-order valence-corrected chi connectivity index (χ2v) is 8.84. The van der Waals surface area contributed by atoms with Crippen LogP contribution >= 0.6 is 0 Å². The van der Waals surface area contributed by atoms with Crippen LogP contribution in [0.25, 0.3) is 0 Å². The van der Waals surface area contributed by atoms with Crippen LogP contribution in [0.5, 0.6) is 0 Å². The molecule has 1 fully saturated rings. The lowest BCUT2D eigenvalue weighted by Crippen LogP contribution is -2.61. The van der Waals surface area contributed by atoms with Crippen molar-refractivity contribution in [3.05, 3.63) is 95.4 Å². The number of hydrogen-bond donors (Lipinski definition) is 1. The first kappa shape index (κ1) is 27.2. The highest BCUT2D eigenvalue weighted by molar-refractivity contribution is 5.70. The van der Waals surface area contributed by atoms with Gasteiger partial charge in [0.05, 0.1) is 19.8 Å². The summed E-state index contributed by atoms with van der Waals surface area (Å²) in [5.74, 6) is 1.02. The normalized spacial score (nSPS) is 23.7. The number of aryl methyl sites for hydroxylation is 1. The zero-order valence-corrected chi connectivity index (χ0v) is 20.9. The molecule has 37 heavy (non-hydrogen) atoms. The molecule has 1 saturated heterocycles. The van der Waals surface area contributed by atoms with Crippen molar-refractivity contribution in [1.82, 2.24) is 0 Å². The molecule has 0 radical (unpaired) electrons. The molecule has 3 aromatic rings. The van der Waals surface area contributed by atoms with E-state index in [0.29, 0.717) is 44.7 Å². The fraction of sp³-hybridized carbons (Fsp3) is 0.414. The summed E-state index contributed by atoms with van der Waals surface area (Å²) in [6, 6.07) is 23.1. The van der Waals surface area contributed by atoms with E-state index in [1.165, 1.54) is 0 Å². The van der Waals surface area contributed by atoms with Crippen LogP contribution in [0.2, 0.25) is 0 Å². The van der Waals surface area contributed by atoms with Crippen molar-refractivity contribution in [2.24, 2.45) is 0 Å². The van der Waals surface area contributed by atoms with E-state index in [4.69, 9.17) is 28.1 Å². The number of ether oxygens (including phenoxy) is 5. The van der Waals surface area contributed by atoms with Crippen molar-refractivity contribution in [1.29, 1.82) is 0 Å². The third-order valence-electron chi connectivity index (χ3n) is 6.25. The van der Waals surface area contributed by atoms with E-state index >= 15 is 0 Å². The maximum atomic E-state index is 10.9. The molecule has 5 atom stereocenters. The Morgan fingerprint density at radius 3 is 2.05 bits per heavy atom. The monoisotopic (exact) mass is 510 g/mol. The van der Waals surface area contributed by atoms with E-state index in [1.54, 1.807) is 19.2 Å². The summed E-state index contributed by atoms with van der Waals surface area (Å²) in [5.41, 5.74) is 2.01. The quantitative estimate of drug-likeness (QED) is 0.257. The van der Waals surface area contributed by atoms with Gasteiger partial charge in [-0.1, -0.05) is 60.7 Å². The fourth-order valence-corrected chi connectivity index (χ4v) is 4.37. The molecule has 2 heterocycles. The fourth-order valence-electron chi connectivity index (χ4n) is 4.37. The minimum absolute atomic E-state index is 0.255. The molecule has 1 aliphatic rings. The molecule has 8 heteroatoms. The van der Waals surface area contributed by atoms with E-state index in [-0.39, 0.29) is 6.61 Å². The second kappa shape index (κ2) is 14.2. The smallest absolute Gasteiger partial charge is 0.186 e. The van der Waals surface area contributed by atoms with Crippen LogP contribution in [0.4, 0.5) is 0 Å². The summed E-state index contributed by atoms with van der Waals surface area (Å²) < 4.78 is 36.1. The molecule has 0 bridgehead atoms. The summed E-state index contributed by atoms with van der Waals surface area (Å²) >= 11 is 0. The predicted octanol–water partition coefficient (Wildman–Crippen LogP) is 3.94. The predicted molar refractivity (Wildman–Crippen MR) is 135 cm³/mol. The summed E-state index contributed by atoms with van der Waals surface area (Å²) in [4.78, 5) is 10.9. The SMILES string of the molecule is CO[C@H]1O[C@H](CO)[C@@H](OCc2ccccc2)[C@H](OCc2ccccc2)[C@@H]1OCCCc1ccc(C=O)o1. The summed E-state index contributed by atoms with van der Waals surface area (Å²) in [7, 11) is 1.54. The van der Waals surface area contributed by atoms with Crippen LogP contribution in [0.15, 0.2) is 77.2 Å². The average molecular weight is 511 g/mol. The van der Waals surface area contributed by atoms with Crippen LogP contribution in [-0.2, 0) is 43.3 Å². The van der Waals surface area contributed by atoms with Crippen LogP contribution < -0.4 is 0 Å². The highest BCUT2D eigenvalue weighted by Crippen LogP contribution is 2.30. The first-order valence-corrected chi connectivity index (χ1v) is 12.5. The minimum Gasteiger partial charge on any atom is -0.458 e. The van der Waals surface area contributed by atoms with Crippen molar-refractivity contribution >= 4 is 6.29 Å². The standard InChI is InChI=1S/C29H34O8/c1-32-29-28(33-16-8-13-23-14-15-24(17-30)36-23)27(35-20-22-11-6-3-7-12-22)26(25(18-31)37-29)34-19-21-9-4-2-5-10-21/h2-7,9-12,14-15,17,25-29,31H,8,13,16,18-20H2,1H3/t25-,26-,27+,28+,29+/m1/s1. The van der Waals surface area contributed by atoms with Crippen LogP contribution in [0.1, 0.15) is 33.9 Å². The first-order chi connectivity index (χ1) is 18.2. The number of methoxy groups -OCH3 is 1. The third kappa shape index (κ3) is 7.58. The van der Waals surface area contributed by atoms with Crippen LogP contribution in [-0.4, -0.2) is 62.4 Å². The molecule has 0 spiro atoms. The molecule has 0 saturated carbocycles. The lowest BCUT2D eigenvalue weighted by molar-refractivity contribution is -0.319. The van der Waals surface area contributed by atoms with Gasteiger partial charge in [-0.25, -0.2) is 0 Å². The van der Waals surface area contributed by atoms with Gasteiger partial charge in [-0.05, 0) is 29.7 Å². The maximum absolute atomic E-state index is 10.9. The molecule has 4 rings (SSSR count). The highest BCUT2D eigenvalue weighted by Gasteiger charge is 2.48. The van der Waals surface area contributed by atoms with Gasteiger partial charge in [0.2, 0.25) is 0 Å². The van der Waals surface area contributed by atoms with Crippen LogP contribution in [0.3, 0.4) is 0 Å². The summed E-state index contributed by atoms with van der Waals surface area (Å²) in [6.45, 7) is 0.796. The Labute approximate surface area is 217 Å². The molecular weight excluding hydrogens is 476 g/mol. The molecule has 8 nitrogen and oxygen atoms in total. The Balaban J connectivity index is 1.47. The molecule has 198 valence electrons. The first-order valence-electron chi connectivity index (χ1n) is 12.5. The van der Waals surface area contributed by atoms with Crippen LogP contribution in [0, 0.1) is 0 Å². The zero-order valence-electron chi connectivity index (χ0n) is 20.9. The van der Waals surface area contributed by atoms with E-state index in [0.717, 1.165) is 16.9 Å². The van der Waals surface area contributed by atoms with Gasteiger partial charge in [0, 0.05) is 20.1 Å². The van der Waals surface area contributed by atoms with Crippen molar-refractivity contribution in [2.75, 3.05) is 20.3 Å². The Bertz CT molecular complexity index is 1050. The Morgan fingerprint density at radius 1 is 0.838 bits per heavy atom. The Kier molecular flexibility index (Phi) is 10.4. The van der Waals surface area contributed by atoms with E-state index < -0.39 is 30.7 Å². The number of aliphatic hydroxyl groups excluding tert-OH is 1. The van der Waals surface area contributed by atoms with E-state index in [2.05, 4.69) is 0 Å². The third-order valence-corrected chi connectivity index (χ3v) is 6.25. The van der Waals surface area contributed by atoms with Gasteiger partial charge in [0.1, 0.15) is 30.2 Å². The largest absolute Gasteiger partial charge is 0.458 e. The summed E-state index contributed by atoms with van der Waals surface area (Å²) in [6.07, 6.45) is -1.20. The average Bonchev–Trinajstić information content (AvgIpc) is 3.42. The highest BCUT2D eigenvalue weighted by atomic mass is 16.7. The number of hydrogen-bond acceptors (Lipinski definition) is 8. The van der Waals surface area contributed by atoms with Crippen molar-refractivity contribution in [2.45, 2.75) is 56.8 Å². The summed E-state index contributed by atoms with van der Waals surface area (Å²) in [5, 5.41) is 10.1. The van der Waals surface area contributed by atoms with Gasteiger partial charge in [-0.3, -0.25) is 4.79 Å². The molecule has 1 N–H and O–H groups in total. The van der Waals surface area contributed by atoms with Crippen molar-refractivity contribution in [3.63, 3.8) is 0 Å². The lowest BCUT2D eigenvalue weighted by Gasteiger charge is -2.45. The van der Waals surface area contributed by atoms with E-state index in [9.17, 15) is 9.90 Å². The molecular formula is C29H34O8. The zero-order chi connectivity index (χ0) is 25.9. The van der Waals surface area contributed by atoms with E-state index in [1.807, 2.05) is 60.7 Å². The second-order valence-electron chi connectivity index (χ2n) is 8.84. The number of furan rings is 1. The maximum Gasteiger partial charge on any atom is 0.186 e. The number of rotatable bonds is 14. The number of benzene rings is 2. The minimum atomic E-state index is -0.750. The number of carbonyl (C=O) groups is 1. The van der Waals surface area contributed by atoms with Gasteiger partial charge >= 0.3 is 0 Å². The molecule has 1 aromatic heterocycles. The van der Waals surface area contributed by atoms with Crippen molar-refractivity contribution < 1.29 is 38.0 Å². The molecule has 1 aliphatic heterocycles. The lowest BCUT2D eigenvalue weighted by atomic mass is 9.98. The Hall–Kier alpha value is -2.85. The Morgan fingerprint density at radius 2 is 1.49 bits per heavy atom. The van der Waals surface area contributed by atoms with Crippen molar-refractivity contribution in [3.8, 4) is 0 Å². The van der Waals surface area contributed by atoms with Gasteiger partial charge < -0.3 is 33.2 Å².